The van der Waals surface area contributed by atoms with Gasteiger partial charge in [-0.05, 0) is 30.7 Å². The minimum atomic E-state index is -0.624. The van der Waals surface area contributed by atoms with Gasteiger partial charge in [0.25, 0.3) is 5.91 Å². The van der Waals surface area contributed by atoms with Gasteiger partial charge in [0.05, 0.1) is 23.2 Å². The lowest BCUT2D eigenvalue weighted by Gasteiger charge is -2.25. The van der Waals surface area contributed by atoms with Crippen LogP contribution < -0.4 is 0 Å². The number of ether oxygens (including phenoxy) is 1. The monoisotopic (exact) mass is 322 g/mol. The Bertz CT molecular complexity index is 766. The van der Waals surface area contributed by atoms with Crippen molar-refractivity contribution in [3.8, 4) is 6.07 Å². The van der Waals surface area contributed by atoms with Gasteiger partial charge in [-0.25, -0.2) is 4.79 Å². The quantitative estimate of drug-likeness (QED) is 0.794. The molecule has 0 aliphatic rings. The van der Waals surface area contributed by atoms with E-state index in [2.05, 4.69) is 0 Å². The normalized spacial score (nSPS) is 11.2. The number of amides is 1. The van der Waals surface area contributed by atoms with E-state index < -0.39 is 5.97 Å². The van der Waals surface area contributed by atoms with Crippen molar-refractivity contribution in [3.63, 3.8) is 0 Å². The molecule has 0 aliphatic carbocycles. The van der Waals surface area contributed by atoms with Gasteiger partial charge in [-0.1, -0.05) is 36.4 Å². The van der Waals surface area contributed by atoms with Crippen LogP contribution in [0.15, 0.2) is 54.6 Å². The molecule has 1 amide bonds. The van der Waals surface area contributed by atoms with Crippen LogP contribution in [0.25, 0.3) is 0 Å². The van der Waals surface area contributed by atoms with E-state index in [-0.39, 0.29) is 24.1 Å². The summed E-state index contributed by atoms with van der Waals surface area (Å²) < 4.78 is 5.06. The summed E-state index contributed by atoms with van der Waals surface area (Å²) in [7, 11) is 1.67. The molecule has 0 spiro atoms. The van der Waals surface area contributed by atoms with Gasteiger partial charge in [-0.15, -0.1) is 0 Å². The van der Waals surface area contributed by atoms with E-state index in [0.29, 0.717) is 5.56 Å². The summed E-state index contributed by atoms with van der Waals surface area (Å²) in [4.78, 5) is 25.7. The minimum Gasteiger partial charge on any atom is -0.452 e. The number of carbonyl (C=O) groups is 2. The van der Waals surface area contributed by atoms with Crippen LogP contribution in [0.4, 0.5) is 0 Å². The minimum absolute atomic E-state index is 0.126. The number of esters is 1. The first-order chi connectivity index (χ1) is 11.5. The van der Waals surface area contributed by atoms with Crippen molar-refractivity contribution >= 4 is 11.9 Å². The number of hydrogen-bond acceptors (Lipinski definition) is 4. The molecule has 0 saturated carbocycles. The van der Waals surface area contributed by atoms with Crippen LogP contribution in [0.5, 0.6) is 0 Å². The van der Waals surface area contributed by atoms with Gasteiger partial charge in [-0.2, -0.15) is 5.26 Å². The zero-order chi connectivity index (χ0) is 17.5. The molecule has 0 heterocycles. The highest BCUT2D eigenvalue weighted by molar-refractivity contribution is 5.91. The standard InChI is InChI=1S/C19H18N2O3/c1-14(16-8-4-3-5-9-16)21(2)18(22)13-24-19(23)17-10-6-7-15(11-17)12-20/h3-11,14H,13H2,1-2H3. The number of rotatable bonds is 5. The summed E-state index contributed by atoms with van der Waals surface area (Å²) in [6.45, 7) is 1.56. The molecule has 2 aromatic rings. The highest BCUT2D eigenvalue weighted by Gasteiger charge is 2.19. The Morgan fingerprint density at radius 1 is 1.17 bits per heavy atom. The molecule has 2 rings (SSSR count). The topological polar surface area (TPSA) is 70.4 Å². The Kier molecular flexibility index (Phi) is 5.69. The zero-order valence-corrected chi connectivity index (χ0v) is 13.6. The van der Waals surface area contributed by atoms with Crippen LogP contribution in [0.2, 0.25) is 0 Å². The van der Waals surface area contributed by atoms with Crippen molar-refractivity contribution < 1.29 is 14.3 Å². The fourth-order valence-electron chi connectivity index (χ4n) is 2.20. The first-order valence-electron chi connectivity index (χ1n) is 7.51. The molecule has 0 saturated heterocycles. The molecule has 1 unspecified atom stereocenters. The largest absolute Gasteiger partial charge is 0.452 e. The number of benzene rings is 2. The van der Waals surface area contributed by atoms with Crippen molar-refractivity contribution in [2.75, 3.05) is 13.7 Å². The van der Waals surface area contributed by atoms with Crippen LogP contribution >= 0.6 is 0 Å². The Balaban J connectivity index is 1.94. The predicted octanol–water partition coefficient (Wildman–Crippen LogP) is 2.93. The average Bonchev–Trinajstić information content (AvgIpc) is 2.65. The van der Waals surface area contributed by atoms with Gasteiger partial charge in [0.15, 0.2) is 6.61 Å². The molecule has 0 fully saturated rings. The third-order valence-corrected chi connectivity index (χ3v) is 3.81. The second-order valence-electron chi connectivity index (χ2n) is 5.36. The summed E-state index contributed by atoms with van der Waals surface area (Å²) in [6, 6.07) is 17.6. The number of nitrogens with zero attached hydrogens (tertiary/aromatic N) is 2. The fraction of sp³-hybridized carbons (Fsp3) is 0.211. The van der Waals surface area contributed by atoms with Gasteiger partial charge in [0.1, 0.15) is 0 Å². The Morgan fingerprint density at radius 2 is 1.88 bits per heavy atom. The maximum absolute atomic E-state index is 12.2. The smallest absolute Gasteiger partial charge is 0.338 e. The van der Waals surface area contributed by atoms with Gasteiger partial charge in [-0.3, -0.25) is 4.79 Å². The Labute approximate surface area is 141 Å². The summed E-state index contributed by atoms with van der Waals surface area (Å²) in [5, 5.41) is 8.84. The third kappa shape index (κ3) is 4.20. The molecular formula is C19H18N2O3. The molecule has 0 aromatic heterocycles. The SMILES string of the molecule is CC(c1ccccc1)N(C)C(=O)COC(=O)c1cccc(C#N)c1. The summed E-state index contributed by atoms with van der Waals surface area (Å²) in [5.74, 6) is -0.919. The predicted molar refractivity (Wildman–Crippen MR) is 89.1 cm³/mol. The van der Waals surface area contributed by atoms with Gasteiger partial charge in [0.2, 0.25) is 0 Å². The first kappa shape index (κ1) is 17.2. The number of likely N-dealkylation sites (N-methyl/N-ethyl adjacent to an activating group) is 1. The number of nitriles is 1. The maximum atomic E-state index is 12.2. The molecule has 0 radical (unpaired) electrons. The van der Waals surface area contributed by atoms with Crippen LogP contribution in [0.3, 0.4) is 0 Å². The summed E-state index contributed by atoms with van der Waals surface area (Å²) in [5.41, 5.74) is 1.62. The van der Waals surface area contributed by atoms with Crippen molar-refractivity contribution in [3.05, 3.63) is 71.3 Å². The van der Waals surface area contributed by atoms with E-state index >= 15 is 0 Å². The second-order valence-corrected chi connectivity index (χ2v) is 5.36. The van der Waals surface area contributed by atoms with Crippen molar-refractivity contribution in [2.24, 2.45) is 0 Å². The molecule has 5 heteroatoms. The molecule has 1 atom stereocenters. The lowest BCUT2D eigenvalue weighted by atomic mass is 10.1. The van der Waals surface area contributed by atoms with Crippen LogP contribution in [-0.4, -0.2) is 30.4 Å². The van der Waals surface area contributed by atoms with E-state index in [1.807, 2.05) is 43.3 Å². The number of carbonyl (C=O) groups excluding carboxylic acids is 2. The first-order valence-corrected chi connectivity index (χ1v) is 7.51. The van der Waals surface area contributed by atoms with Gasteiger partial charge < -0.3 is 9.64 Å². The molecule has 0 aliphatic heterocycles. The van der Waals surface area contributed by atoms with Gasteiger partial charge in [0, 0.05) is 7.05 Å². The lowest BCUT2D eigenvalue weighted by Crippen LogP contribution is -2.33. The van der Waals surface area contributed by atoms with Crippen LogP contribution in [-0.2, 0) is 9.53 Å². The van der Waals surface area contributed by atoms with Crippen molar-refractivity contribution in [1.29, 1.82) is 5.26 Å². The molecule has 122 valence electrons. The molecule has 2 aromatic carbocycles. The summed E-state index contributed by atoms with van der Waals surface area (Å²) in [6.07, 6.45) is 0. The van der Waals surface area contributed by atoms with Crippen LogP contribution in [0.1, 0.15) is 34.5 Å². The lowest BCUT2D eigenvalue weighted by molar-refractivity contribution is -0.135. The summed E-state index contributed by atoms with van der Waals surface area (Å²) >= 11 is 0. The maximum Gasteiger partial charge on any atom is 0.338 e. The number of hydrogen-bond donors (Lipinski definition) is 0. The second kappa shape index (κ2) is 7.93. The fourth-order valence-corrected chi connectivity index (χ4v) is 2.20. The zero-order valence-electron chi connectivity index (χ0n) is 13.6. The molecule has 24 heavy (non-hydrogen) atoms. The van der Waals surface area contributed by atoms with Crippen LogP contribution in [0, 0.1) is 11.3 Å². The third-order valence-electron chi connectivity index (χ3n) is 3.81. The highest BCUT2D eigenvalue weighted by Crippen LogP contribution is 2.18. The van der Waals surface area contributed by atoms with E-state index in [1.54, 1.807) is 25.2 Å². The van der Waals surface area contributed by atoms with E-state index in [4.69, 9.17) is 10.00 Å². The Hall–Kier alpha value is -3.13. The molecule has 0 bridgehead atoms. The van der Waals surface area contributed by atoms with E-state index in [9.17, 15) is 9.59 Å². The highest BCUT2D eigenvalue weighted by atomic mass is 16.5. The van der Waals surface area contributed by atoms with E-state index in [1.165, 1.54) is 11.0 Å². The van der Waals surface area contributed by atoms with Crippen molar-refractivity contribution in [2.45, 2.75) is 13.0 Å². The van der Waals surface area contributed by atoms with Gasteiger partial charge >= 0.3 is 5.97 Å². The van der Waals surface area contributed by atoms with E-state index in [0.717, 1.165) is 5.56 Å². The van der Waals surface area contributed by atoms with Crippen molar-refractivity contribution in [1.82, 2.24) is 4.90 Å². The average molecular weight is 322 g/mol. The molecule has 5 nitrogen and oxygen atoms in total. The molecular weight excluding hydrogens is 304 g/mol. The Morgan fingerprint density at radius 3 is 2.54 bits per heavy atom. The molecule has 0 N–H and O–H groups in total.